The van der Waals surface area contributed by atoms with Gasteiger partial charge in [0.05, 0.1) is 0 Å². The maximum Gasteiger partial charge on any atom is 0.177 e. The van der Waals surface area contributed by atoms with Gasteiger partial charge in [-0.3, -0.25) is 0 Å². The molecule has 0 bridgehead atoms. The molecule has 0 fully saturated rings. The molecule has 2 aromatic rings. The predicted molar refractivity (Wildman–Crippen MR) is 53.0 cm³/mol. The van der Waals surface area contributed by atoms with Gasteiger partial charge < -0.3 is 0 Å². The summed E-state index contributed by atoms with van der Waals surface area (Å²) < 4.78 is 22.8. The van der Waals surface area contributed by atoms with Crippen LogP contribution in [-0.4, -0.2) is 8.42 Å². The summed E-state index contributed by atoms with van der Waals surface area (Å²) in [7, 11) is -2.41. The average molecular weight is 218 g/mol. The molecule has 2 aromatic heterocycles. The van der Waals surface area contributed by atoms with Crippen molar-refractivity contribution >= 4 is 43.5 Å². The average Bonchev–Trinajstić information content (AvgIpc) is 2.53. The van der Waals surface area contributed by atoms with Gasteiger partial charge in [0.2, 0.25) is 0 Å². The zero-order valence-corrected chi connectivity index (χ0v) is 8.76. The fourth-order valence-electron chi connectivity index (χ4n) is 1.05. The first-order valence-electron chi connectivity index (χ1n) is 3.30. The van der Waals surface area contributed by atoms with Gasteiger partial charge in [0.15, 0.2) is 10.7 Å². The minimum absolute atomic E-state index is 0.464. The number of thiol groups is 1. The van der Waals surface area contributed by atoms with E-state index >= 15 is 0 Å². The number of hydrogen-bond donors (Lipinski definition) is 1. The van der Waals surface area contributed by atoms with E-state index in [1.807, 2.05) is 12.3 Å². The molecule has 0 atom stereocenters. The van der Waals surface area contributed by atoms with Crippen LogP contribution in [0, 0.1) is 6.92 Å². The van der Waals surface area contributed by atoms with Gasteiger partial charge in [0, 0.05) is 20.3 Å². The lowest BCUT2D eigenvalue weighted by molar-refractivity contribution is 0.616. The van der Waals surface area contributed by atoms with Gasteiger partial charge in [0.1, 0.15) is 4.21 Å². The molecule has 5 heteroatoms. The third-order valence-corrected chi connectivity index (χ3v) is 4.82. The normalized spacial score (nSPS) is 11.5. The molecule has 0 spiro atoms. The van der Waals surface area contributed by atoms with Crippen molar-refractivity contribution < 1.29 is 8.42 Å². The van der Waals surface area contributed by atoms with Gasteiger partial charge in [-0.15, -0.1) is 22.7 Å². The smallest absolute Gasteiger partial charge is 0.177 e. The fourth-order valence-corrected chi connectivity index (χ4v) is 3.71. The van der Waals surface area contributed by atoms with E-state index in [0.717, 1.165) is 10.1 Å². The Morgan fingerprint density at radius 1 is 1.42 bits per heavy atom. The summed E-state index contributed by atoms with van der Waals surface area (Å²) in [6.07, 6.45) is 0. The summed E-state index contributed by atoms with van der Waals surface area (Å²) >= 11 is 3.00. The molecule has 0 amide bonds. The van der Waals surface area contributed by atoms with Crippen molar-refractivity contribution in [3.63, 3.8) is 0 Å². The summed E-state index contributed by atoms with van der Waals surface area (Å²) in [5.74, 6) is 0. The van der Waals surface area contributed by atoms with Crippen LogP contribution in [0.25, 0.3) is 10.1 Å². The number of thiophene rings is 2. The topological polar surface area (TPSA) is 34.1 Å². The molecule has 64 valence electrons. The lowest BCUT2D eigenvalue weighted by Gasteiger charge is -1.78. The van der Waals surface area contributed by atoms with E-state index in [9.17, 15) is 8.42 Å². The maximum atomic E-state index is 10.6. The summed E-state index contributed by atoms with van der Waals surface area (Å²) in [5.41, 5.74) is 0. The molecule has 0 saturated carbocycles. The second-order valence-electron chi connectivity index (χ2n) is 2.41. The second-order valence-corrected chi connectivity index (χ2v) is 5.88. The molecule has 0 aromatic carbocycles. The molecule has 0 aliphatic heterocycles. The van der Waals surface area contributed by atoms with E-state index in [0.29, 0.717) is 4.21 Å². The van der Waals surface area contributed by atoms with Crippen LogP contribution in [0.4, 0.5) is 0 Å². The van der Waals surface area contributed by atoms with Gasteiger partial charge in [0.25, 0.3) is 0 Å². The molecule has 2 nitrogen and oxygen atoms in total. The molecule has 0 aliphatic carbocycles. The molecule has 2 rings (SSSR count). The molecule has 12 heavy (non-hydrogen) atoms. The van der Waals surface area contributed by atoms with Crippen molar-refractivity contribution in [2.24, 2.45) is 0 Å². The lowest BCUT2D eigenvalue weighted by Crippen LogP contribution is -1.68. The molecular weight excluding hydrogens is 212 g/mol. The van der Waals surface area contributed by atoms with E-state index in [1.54, 1.807) is 17.4 Å². The summed E-state index contributed by atoms with van der Waals surface area (Å²) in [6, 6.07) is 1.75. The highest BCUT2D eigenvalue weighted by atomic mass is 32.2. The van der Waals surface area contributed by atoms with Crippen LogP contribution in [0.5, 0.6) is 0 Å². The molecular formula is C7H6O2S3. The van der Waals surface area contributed by atoms with E-state index in [2.05, 4.69) is 0 Å². The van der Waals surface area contributed by atoms with Gasteiger partial charge in [-0.2, -0.15) is 0 Å². The number of rotatable bonds is 1. The second kappa shape index (κ2) is 2.83. The molecule has 0 radical (unpaired) electrons. The van der Waals surface area contributed by atoms with Crippen LogP contribution >= 0.6 is 22.7 Å². The van der Waals surface area contributed by atoms with Crippen molar-refractivity contribution in [3.8, 4) is 0 Å². The van der Waals surface area contributed by atoms with Crippen LogP contribution in [0.1, 0.15) is 4.88 Å². The first-order chi connectivity index (χ1) is 5.68. The first kappa shape index (κ1) is 8.22. The summed E-state index contributed by atoms with van der Waals surface area (Å²) in [4.78, 5) is 1.18. The maximum absolute atomic E-state index is 10.6. The third-order valence-electron chi connectivity index (χ3n) is 1.65. The van der Waals surface area contributed by atoms with Crippen molar-refractivity contribution in [1.29, 1.82) is 0 Å². The van der Waals surface area contributed by atoms with Crippen molar-refractivity contribution in [3.05, 3.63) is 16.3 Å². The Bertz CT molecular complexity index is 482. The Kier molecular flexibility index (Phi) is 1.94. The number of fused-ring (bicyclic) bond motifs is 1. The van der Waals surface area contributed by atoms with Crippen LogP contribution in [0.3, 0.4) is 0 Å². The summed E-state index contributed by atoms with van der Waals surface area (Å²) in [6.45, 7) is 2.00. The number of hydrogen-bond acceptors (Lipinski definition) is 4. The molecule has 0 unspecified atom stereocenters. The van der Waals surface area contributed by atoms with E-state index in [1.165, 1.54) is 16.2 Å². The standard InChI is InChI=1S/C7H6O2S3/c1-4-5-2-7(12(8)9)11-6(5)3-10-4/h2-3,12H,1H3. The highest BCUT2D eigenvalue weighted by Crippen LogP contribution is 2.32. The largest absolute Gasteiger partial charge is 0.226 e. The third kappa shape index (κ3) is 1.18. The quantitative estimate of drug-likeness (QED) is 0.745. The van der Waals surface area contributed by atoms with Crippen molar-refractivity contribution in [1.82, 2.24) is 0 Å². The molecule has 0 saturated heterocycles. The van der Waals surface area contributed by atoms with Crippen LogP contribution in [0.15, 0.2) is 15.7 Å². The Hall–Kier alpha value is -0.390. The highest BCUT2D eigenvalue weighted by molar-refractivity contribution is 7.75. The SMILES string of the molecule is Cc1scc2sc([SH](=O)=O)cc12. The zero-order valence-electron chi connectivity index (χ0n) is 6.23. The fraction of sp³-hybridized carbons (Fsp3) is 0.143. The van der Waals surface area contributed by atoms with E-state index in [4.69, 9.17) is 0 Å². The van der Waals surface area contributed by atoms with E-state index in [-0.39, 0.29) is 0 Å². The van der Waals surface area contributed by atoms with Gasteiger partial charge in [-0.1, -0.05) is 0 Å². The predicted octanol–water partition coefficient (Wildman–Crippen LogP) is 2.24. The minimum atomic E-state index is -2.41. The van der Waals surface area contributed by atoms with Crippen LogP contribution < -0.4 is 0 Å². The Labute approximate surface area is 79.4 Å². The van der Waals surface area contributed by atoms with Gasteiger partial charge in [-0.05, 0) is 13.0 Å². The van der Waals surface area contributed by atoms with Crippen LogP contribution in [0.2, 0.25) is 0 Å². The number of aryl methyl sites for hydroxylation is 1. The highest BCUT2D eigenvalue weighted by Gasteiger charge is 2.06. The minimum Gasteiger partial charge on any atom is -0.226 e. The molecule has 0 aliphatic rings. The van der Waals surface area contributed by atoms with Gasteiger partial charge >= 0.3 is 0 Å². The molecule has 2 heterocycles. The van der Waals surface area contributed by atoms with Gasteiger partial charge in [-0.25, -0.2) is 8.42 Å². The Balaban J connectivity index is 2.78. The zero-order chi connectivity index (χ0) is 8.72. The Morgan fingerprint density at radius 3 is 2.75 bits per heavy atom. The van der Waals surface area contributed by atoms with Crippen LogP contribution in [-0.2, 0) is 10.7 Å². The summed E-state index contributed by atoms with van der Waals surface area (Å²) in [5, 5.41) is 3.08. The lowest BCUT2D eigenvalue weighted by atomic mass is 10.3. The first-order valence-corrected chi connectivity index (χ1v) is 6.18. The van der Waals surface area contributed by atoms with Crippen molar-refractivity contribution in [2.45, 2.75) is 11.1 Å². The van der Waals surface area contributed by atoms with E-state index < -0.39 is 10.7 Å². The Morgan fingerprint density at radius 2 is 2.17 bits per heavy atom. The van der Waals surface area contributed by atoms with Crippen molar-refractivity contribution in [2.75, 3.05) is 0 Å². The molecule has 0 N–H and O–H groups in total. The monoisotopic (exact) mass is 218 g/mol.